The fourth-order valence-corrected chi connectivity index (χ4v) is 4.46. The second-order valence-corrected chi connectivity index (χ2v) is 7.31. The summed E-state index contributed by atoms with van der Waals surface area (Å²) in [7, 11) is 0. The molecular formula is C20H30O2. The van der Waals surface area contributed by atoms with Crippen LogP contribution < -0.4 is 0 Å². The van der Waals surface area contributed by atoms with Crippen molar-refractivity contribution in [3.63, 3.8) is 0 Å². The minimum atomic E-state index is -0.408. The molecule has 3 rings (SSSR count). The summed E-state index contributed by atoms with van der Waals surface area (Å²) in [6, 6.07) is 8.05. The van der Waals surface area contributed by atoms with Crippen molar-refractivity contribution in [2.24, 2.45) is 11.8 Å². The van der Waals surface area contributed by atoms with Gasteiger partial charge in [0.1, 0.15) is 0 Å². The fourth-order valence-electron chi connectivity index (χ4n) is 4.46. The lowest BCUT2D eigenvalue weighted by molar-refractivity contribution is 0.0647. The second-order valence-electron chi connectivity index (χ2n) is 7.31. The van der Waals surface area contributed by atoms with E-state index in [4.69, 9.17) is 0 Å². The van der Waals surface area contributed by atoms with Gasteiger partial charge >= 0.3 is 0 Å². The van der Waals surface area contributed by atoms with Crippen LogP contribution in [0.25, 0.3) is 0 Å². The van der Waals surface area contributed by atoms with Gasteiger partial charge in [-0.2, -0.15) is 0 Å². The standard InChI is InChI=1S/C20H30O2/c21-19(15-9-3-1-4-10-15)17-13-7-8-14-18(17)20(22)16-11-5-2-6-12-16/h7-8,13-16,19-22H,1-6,9-12H2/t19-,20-/m0/s1. The molecule has 0 aromatic heterocycles. The largest absolute Gasteiger partial charge is 0.388 e. The third-order valence-corrected chi connectivity index (χ3v) is 5.83. The van der Waals surface area contributed by atoms with Crippen molar-refractivity contribution >= 4 is 0 Å². The van der Waals surface area contributed by atoms with Crippen molar-refractivity contribution in [1.29, 1.82) is 0 Å². The van der Waals surface area contributed by atoms with Crippen LogP contribution in [-0.4, -0.2) is 10.2 Å². The summed E-state index contributed by atoms with van der Waals surface area (Å²) in [5, 5.41) is 21.7. The van der Waals surface area contributed by atoms with Crippen molar-refractivity contribution < 1.29 is 10.2 Å². The smallest absolute Gasteiger partial charge is 0.0821 e. The average molecular weight is 302 g/mol. The van der Waals surface area contributed by atoms with E-state index >= 15 is 0 Å². The zero-order chi connectivity index (χ0) is 15.4. The van der Waals surface area contributed by atoms with Gasteiger partial charge in [0, 0.05) is 0 Å². The van der Waals surface area contributed by atoms with Gasteiger partial charge in [-0.1, -0.05) is 62.8 Å². The van der Waals surface area contributed by atoms with Gasteiger partial charge in [-0.25, -0.2) is 0 Å². The lowest BCUT2D eigenvalue weighted by atomic mass is 9.78. The van der Waals surface area contributed by atoms with Gasteiger partial charge in [0.05, 0.1) is 12.2 Å². The lowest BCUT2D eigenvalue weighted by Crippen LogP contribution is -2.21. The van der Waals surface area contributed by atoms with Crippen molar-refractivity contribution in [1.82, 2.24) is 0 Å². The molecule has 22 heavy (non-hydrogen) atoms. The van der Waals surface area contributed by atoms with Gasteiger partial charge in [-0.3, -0.25) is 0 Å². The van der Waals surface area contributed by atoms with Crippen LogP contribution in [0.5, 0.6) is 0 Å². The zero-order valence-electron chi connectivity index (χ0n) is 13.6. The highest BCUT2D eigenvalue weighted by molar-refractivity contribution is 5.32. The molecule has 0 heterocycles. The molecule has 0 bridgehead atoms. The topological polar surface area (TPSA) is 40.5 Å². The first-order valence-corrected chi connectivity index (χ1v) is 9.22. The number of aliphatic hydroxyl groups excluding tert-OH is 2. The highest BCUT2D eigenvalue weighted by atomic mass is 16.3. The minimum absolute atomic E-state index is 0.369. The Morgan fingerprint density at radius 1 is 0.636 bits per heavy atom. The van der Waals surface area contributed by atoms with Crippen LogP contribution in [0.2, 0.25) is 0 Å². The van der Waals surface area contributed by atoms with E-state index in [9.17, 15) is 10.2 Å². The van der Waals surface area contributed by atoms with Crippen molar-refractivity contribution in [2.45, 2.75) is 76.4 Å². The highest BCUT2D eigenvalue weighted by Crippen LogP contribution is 2.40. The molecule has 0 spiro atoms. The number of hydrogen-bond donors (Lipinski definition) is 2. The summed E-state index contributed by atoms with van der Waals surface area (Å²) < 4.78 is 0. The van der Waals surface area contributed by atoms with Gasteiger partial charge in [-0.15, -0.1) is 0 Å². The Balaban J connectivity index is 1.79. The quantitative estimate of drug-likeness (QED) is 0.829. The molecule has 0 unspecified atom stereocenters. The van der Waals surface area contributed by atoms with E-state index in [1.807, 2.05) is 24.3 Å². The summed E-state index contributed by atoms with van der Waals surface area (Å²) >= 11 is 0. The van der Waals surface area contributed by atoms with Crippen molar-refractivity contribution in [2.75, 3.05) is 0 Å². The van der Waals surface area contributed by atoms with Crippen LogP contribution in [0.15, 0.2) is 24.3 Å². The summed E-state index contributed by atoms with van der Waals surface area (Å²) in [4.78, 5) is 0. The van der Waals surface area contributed by atoms with Crippen LogP contribution >= 0.6 is 0 Å². The summed E-state index contributed by atoms with van der Waals surface area (Å²) in [6.07, 6.45) is 11.2. The molecule has 0 saturated heterocycles. The monoisotopic (exact) mass is 302 g/mol. The van der Waals surface area contributed by atoms with E-state index in [2.05, 4.69) is 0 Å². The molecule has 0 aliphatic heterocycles. The van der Waals surface area contributed by atoms with E-state index in [0.29, 0.717) is 11.8 Å². The average Bonchev–Trinajstić information content (AvgIpc) is 2.62. The molecule has 122 valence electrons. The second kappa shape index (κ2) is 7.61. The van der Waals surface area contributed by atoms with Crippen LogP contribution in [0.1, 0.15) is 87.5 Å². The number of aliphatic hydroxyl groups is 2. The minimum Gasteiger partial charge on any atom is -0.388 e. The van der Waals surface area contributed by atoms with Gasteiger partial charge < -0.3 is 10.2 Å². The zero-order valence-corrected chi connectivity index (χ0v) is 13.6. The highest BCUT2D eigenvalue weighted by Gasteiger charge is 2.29. The first-order valence-electron chi connectivity index (χ1n) is 9.22. The van der Waals surface area contributed by atoms with Gasteiger partial charge in [0.2, 0.25) is 0 Å². The van der Waals surface area contributed by atoms with E-state index < -0.39 is 12.2 Å². The van der Waals surface area contributed by atoms with E-state index in [-0.39, 0.29) is 0 Å². The molecule has 2 aliphatic rings. The van der Waals surface area contributed by atoms with E-state index in [1.165, 1.54) is 38.5 Å². The number of benzene rings is 1. The van der Waals surface area contributed by atoms with Crippen molar-refractivity contribution in [3.8, 4) is 0 Å². The predicted molar refractivity (Wildman–Crippen MR) is 89.5 cm³/mol. The molecule has 0 radical (unpaired) electrons. The molecule has 2 N–H and O–H groups in total. The van der Waals surface area contributed by atoms with Gasteiger partial charge in [0.25, 0.3) is 0 Å². The summed E-state index contributed by atoms with van der Waals surface area (Å²) in [5.74, 6) is 0.738. The van der Waals surface area contributed by atoms with Crippen LogP contribution in [0.3, 0.4) is 0 Å². The van der Waals surface area contributed by atoms with Crippen LogP contribution in [0.4, 0.5) is 0 Å². The van der Waals surface area contributed by atoms with Crippen LogP contribution in [0, 0.1) is 11.8 Å². The Hall–Kier alpha value is -0.860. The Labute approximate surface area is 134 Å². The number of hydrogen-bond acceptors (Lipinski definition) is 2. The van der Waals surface area contributed by atoms with Crippen molar-refractivity contribution in [3.05, 3.63) is 35.4 Å². The molecule has 2 atom stereocenters. The lowest BCUT2D eigenvalue weighted by Gasteiger charge is -2.32. The Kier molecular flexibility index (Phi) is 5.54. The molecule has 1 aromatic rings. The molecule has 2 nitrogen and oxygen atoms in total. The molecule has 0 amide bonds. The Morgan fingerprint density at radius 2 is 1.00 bits per heavy atom. The summed E-state index contributed by atoms with van der Waals surface area (Å²) in [5.41, 5.74) is 1.96. The molecule has 2 heteroatoms. The maximum Gasteiger partial charge on any atom is 0.0821 e. The maximum atomic E-state index is 10.9. The SMILES string of the molecule is O[C@H](c1ccccc1[C@@H](O)C1CCCCC1)C1CCCCC1. The Morgan fingerprint density at radius 3 is 1.36 bits per heavy atom. The van der Waals surface area contributed by atoms with Crippen LogP contribution in [-0.2, 0) is 0 Å². The molecular weight excluding hydrogens is 272 g/mol. The molecule has 2 aliphatic carbocycles. The predicted octanol–water partition coefficient (Wildman–Crippen LogP) is 4.91. The third-order valence-electron chi connectivity index (χ3n) is 5.83. The summed E-state index contributed by atoms with van der Waals surface area (Å²) in [6.45, 7) is 0. The van der Waals surface area contributed by atoms with Gasteiger partial charge in [-0.05, 0) is 48.6 Å². The normalized spacial score (nSPS) is 24.1. The first kappa shape index (κ1) is 16.0. The number of rotatable bonds is 4. The maximum absolute atomic E-state index is 10.9. The van der Waals surface area contributed by atoms with Gasteiger partial charge in [0.15, 0.2) is 0 Å². The molecule has 2 fully saturated rings. The first-order chi connectivity index (χ1) is 10.8. The molecule has 1 aromatic carbocycles. The fraction of sp³-hybridized carbons (Fsp3) is 0.700. The van der Waals surface area contributed by atoms with E-state index in [1.54, 1.807) is 0 Å². The third kappa shape index (κ3) is 3.55. The Bertz CT molecular complexity index is 416. The van der Waals surface area contributed by atoms with E-state index in [0.717, 1.165) is 36.8 Å². The molecule has 2 saturated carbocycles.